The first-order valence-electron chi connectivity index (χ1n) is 8.11. The summed E-state index contributed by atoms with van der Waals surface area (Å²) in [6.45, 7) is 5.30. The minimum Gasteiger partial charge on any atom is -0.469 e. The van der Waals surface area contributed by atoms with Gasteiger partial charge in [0, 0.05) is 16.8 Å². The number of nitrogens with one attached hydrogen (secondary N) is 1. The summed E-state index contributed by atoms with van der Waals surface area (Å²) in [6.07, 6.45) is 2.78. The minimum absolute atomic E-state index is 0.300. The van der Waals surface area contributed by atoms with Crippen molar-refractivity contribution in [3.63, 3.8) is 0 Å². The Bertz CT molecular complexity index is 686. The highest BCUT2D eigenvalue weighted by Crippen LogP contribution is 2.29. The molecule has 2 heterocycles. The molecular formula is C20H23NOS. The summed E-state index contributed by atoms with van der Waals surface area (Å²) in [5.74, 6) is 1.34. The Kier molecular flexibility index (Phi) is 5.31. The lowest BCUT2D eigenvalue weighted by molar-refractivity contribution is 0.458. The van der Waals surface area contributed by atoms with Crippen LogP contribution in [0.15, 0.2) is 64.6 Å². The van der Waals surface area contributed by atoms with E-state index in [2.05, 4.69) is 67.0 Å². The highest BCUT2D eigenvalue weighted by Gasteiger charge is 2.17. The predicted molar refractivity (Wildman–Crippen MR) is 97.1 cm³/mol. The molecule has 0 bridgehead atoms. The molecule has 1 aromatic carbocycles. The minimum atomic E-state index is 0.300. The van der Waals surface area contributed by atoms with E-state index in [4.69, 9.17) is 4.42 Å². The van der Waals surface area contributed by atoms with Gasteiger partial charge in [-0.25, -0.2) is 0 Å². The van der Waals surface area contributed by atoms with E-state index in [1.165, 1.54) is 16.0 Å². The molecule has 0 aliphatic heterocycles. The predicted octanol–water partition coefficient (Wildman–Crippen LogP) is 5.52. The molecule has 2 aromatic heterocycles. The average Bonchev–Trinajstić information content (AvgIpc) is 3.26. The second kappa shape index (κ2) is 7.62. The van der Waals surface area contributed by atoms with Gasteiger partial charge < -0.3 is 9.73 Å². The van der Waals surface area contributed by atoms with Gasteiger partial charge in [0.1, 0.15) is 5.76 Å². The number of furan rings is 1. The van der Waals surface area contributed by atoms with Crippen molar-refractivity contribution in [1.29, 1.82) is 0 Å². The summed E-state index contributed by atoms with van der Waals surface area (Å²) in [6, 6.07) is 17.5. The normalized spacial score (nSPS) is 13.8. The zero-order valence-corrected chi connectivity index (χ0v) is 14.5. The third-order valence-corrected chi connectivity index (χ3v) is 5.27. The van der Waals surface area contributed by atoms with E-state index in [0.717, 1.165) is 18.7 Å². The standard InChI is InChI=1S/C20H23NOS/c1-15-7-9-17(10-8-15)18(19-5-3-13-22-19)11-12-21-16(2)20-6-4-14-23-20/h3-10,13-14,16,18,21H,11-12H2,1-2H3. The molecule has 3 rings (SSSR count). The van der Waals surface area contributed by atoms with Crippen molar-refractivity contribution < 1.29 is 4.42 Å². The lowest BCUT2D eigenvalue weighted by Crippen LogP contribution is -2.21. The maximum absolute atomic E-state index is 5.68. The summed E-state index contributed by atoms with van der Waals surface area (Å²) in [7, 11) is 0. The van der Waals surface area contributed by atoms with E-state index in [0.29, 0.717) is 12.0 Å². The monoisotopic (exact) mass is 325 g/mol. The van der Waals surface area contributed by atoms with E-state index >= 15 is 0 Å². The van der Waals surface area contributed by atoms with Crippen LogP contribution in [0.4, 0.5) is 0 Å². The van der Waals surface area contributed by atoms with Crippen LogP contribution in [0.1, 0.15) is 47.1 Å². The molecule has 0 amide bonds. The number of hydrogen-bond donors (Lipinski definition) is 1. The first-order valence-corrected chi connectivity index (χ1v) is 8.99. The van der Waals surface area contributed by atoms with E-state index in [-0.39, 0.29) is 0 Å². The van der Waals surface area contributed by atoms with Gasteiger partial charge in [-0.15, -0.1) is 11.3 Å². The Labute approximate surface area is 142 Å². The van der Waals surface area contributed by atoms with E-state index in [1.54, 1.807) is 17.6 Å². The molecule has 0 aliphatic rings. The van der Waals surface area contributed by atoms with Crippen molar-refractivity contribution in [2.45, 2.75) is 32.2 Å². The highest BCUT2D eigenvalue weighted by molar-refractivity contribution is 7.10. The maximum Gasteiger partial charge on any atom is 0.111 e. The third-order valence-electron chi connectivity index (χ3n) is 4.22. The maximum atomic E-state index is 5.68. The van der Waals surface area contributed by atoms with Crippen molar-refractivity contribution >= 4 is 11.3 Å². The van der Waals surface area contributed by atoms with Crippen LogP contribution in [0.3, 0.4) is 0 Å². The van der Waals surface area contributed by atoms with Gasteiger partial charge in [0.25, 0.3) is 0 Å². The zero-order chi connectivity index (χ0) is 16.1. The van der Waals surface area contributed by atoms with Crippen LogP contribution in [0.25, 0.3) is 0 Å². The van der Waals surface area contributed by atoms with Gasteiger partial charge in [-0.2, -0.15) is 0 Å². The third kappa shape index (κ3) is 4.12. The molecule has 1 N–H and O–H groups in total. The summed E-state index contributed by atoms with van der Waals surface area (Å²) in [5.41, 5.74) is 2.60. The van der Waals surface area contributed by atoms with Gasteiger partial charge in [0.05, 0.1) is 6.26 Å². The van der Waals surface area contributed by atoms with Crippen LogP contribution in [0.5, 0.6) is 0 Å². The summed E-state index contributed by atoms with van der Waals surface area (Å²) in [4.78, 5) is 1.38. The average molecular weight is 325 g/mol. The van der Waals surface area contributed by atoms with Crippen molar-refractivity contribution in [2.24, 2.45) is 0 Å². The Morgan fingerprint density at radius 1 is 1.09 bits per heavy atom. The van der Waals surface area contributed by atoms with E-state index < -0.39 is 0 Å². The first-order chi connectivity index (χ1) is 11.2. The fourth-order valence-corrected chi connectivity index (χ4v) is 3.60. The molecular weight excluding hydrogens is 302 g/mol. The molecule has 23 heavy (non-hydrogen) atoms. The summed E-state index contributed by atoms with van der Waals surface area (Å²) in [5, 5.41) is 5.76. The van der Waals surface area contributed by atoms with Gasteiger partial charge in [0.15, 0.2) is 0 Å². The van der Waals surface area contributed by atoms with Gasteiger partial charge >= 0.3 is 0 Å². The molecule has 120 valence electrons. The van der Waals surface area contributed by atoms with Crippen LogP contribution < -0.4 is 5.32 Å². The molecule has 0 spiro atoms. The lowest BCUT2D eigenvalue weighted by Gasteiger charge is -2.18. The van der Waals surface area contributed by atoms with E-state index in [1.807, 2.05) is 6.07 Å². The van der Waals surface area contributed by atoms with Gasteiger partial charge in [-0.05, 0) is 56.0 Å². The van der Waals surface area contributed by atoms with Gasteiger partial charge in [-0.1, -0.05) is 35.9 Å². The van der Waals surface area contributed by atoms with Crippen LogP contribution >= 0.6 is 11.3 Å². The molecule has 3 heteroatoms. The van der Waals surface area contributed by atoms with Crippen molar-refractivity contribution in [3.05, 3.63) is 81.9 Å². The lowest BCUT2D eigenvalue weighted by atomic mass is 9.92. The second-order valence-corrected chi connectivity index (χ2v) is 6.94. The fraction of sp³-hybridized carbons (Fsp3) is 0.300. The Morgan fingerprint density at radius 2 is 1.91 bits per heavy atom. The number of rotatable bonds is 7. The van der Waals surface area contributed by atoms with Crippen molar-refractivity contribution in [3.8, 4) is 0 Å². The second-order valence-electron chi connectivity index (χ2n) is 5.96. The molecule has 0 saturated heterocycles. The van der Waals surface area contributed by atoms with Crippen LogP contribution in [0.2, 0.25) is 0 Å². The summed E-state index contributed by atoms with van der Waals surface area (Å²) < 4.78 is 5.68. The molecule has 2 atom stereocenters. The van der Waals surface area contributed by atoms with Crippen molar-refractivity contribution in [2.75, 3.05) is 6.54 Å². The molecule has 0 radical (unpaired) electrons. The molecule has 0 aliphatic carbocycles. The molecule has 0 fully saturated rings. The molecule has 0 saturated carbocycles. The quantitative estimate of drug-likeness (QED) is 0.618. The first kappa shape index (κ1) is 16.0. The Balaban J connectivity index is 1.66. The topological polar surface area (TPSA) is 25.2 Å². The Morgan fingerprint density at radius 3 is 2.57 bits per heavy atom. The number of benzene rings is 1. The summed E-state index contributed by atoms with van der Waals surface area (Å²) >= 11 is 1.80. The van der Waals surface area contributed by atoms with Crippen LogP contribution in [-0.4, -0.2) is 6.54 Å². The highest BCUT2D eigenvalue weighted by atomic mass is 32.1. The fourth-order valence-electron chi connectivity index (χ4n) is 2.84. The largest absolute Gasteiger partial charge is 0.469 e. The molecule has 2 unspecified atom stereocenters. The molecule has 2 nitrogen and oxygen atoms in total. The van der Waals surface area contributed by atoms with Gasteiger partial charge in [-0.3, -0.25) is 0 Å². The number of hydrogen-bond acceptors (Lipinski definition) is 3. The van der Waals surface area contributed by atoms with E-state index in [9.17, 15) is 0 Å². The number of thiophene rings is 1. The zero-order valence-electron chi connectivity index (χ0n) is 13.7. The van der Waals surface area contributed by atoms with Gasteiger partial charge in [0.2, 0.25) is 0 Å². The van der Waals surface area contributed by atoms with Crippen LogP contribution in [0, 0.1) is 6.92 Å². The van der Waals surface area contributed by atoms with Crippen LogP contribution in [-0.2, 0) is 0 Å². The SMILES string of the molecule is Cc1ccc(C(CCNC(C)c2cccs2)c2ccco2)cc1. The smallest absolute Gasteiger partial charge is 0.111 e. The number of aryl methyl sites for hydroxylation is 1. The Hall–Kier alpha value is -1.84. The van der Waals surface area contributed by atoms with Crippen molar-refractivity contribution in [1.82, 2.24) is 5.32 Å². The molecule has 3 aromatic rings.